The molecule has 3 saturated carbocycles. The van der Waals surface area contributed by atoms with Gasteiger partial charge in [-0.1, -0.05) is 76.0 Å². The Labute approximate surface area is 210 Å². The first kappa shape index (κ1) is 24.4. The van der Waals surface area contributed by atoms with Crippen LogP contribution in [0.3, 0.4) is 0 Å². The molecule has 2 aromatic carbocycles. The average Bonchev–Trinajstić information content (AvgIpc) is 2.90. The number of methoxy groups -OCH3 is 1. The summed E-state index contributed by atoms with van der Waals surface area (Å²) in [6.07, 6.45) is 20.9. The van der Waals surface area contributed by atoms with Gasteiger partial charge in [-0.3, -0.25) is 0 Å². The van der Waals surface area contributed by atoms with Gasteiger partial charge in [0.15, 0.2) is 0 Å². The lowest BCUT2D eigenvalue weighted by Crippen LogP contribution is -2.16. The van der Waals surface area contributed by atoms with Crippen molar-refractivity contribution < 1.29 is 4.74 Å². The summed E-state index contributed by atoms with van der Waals surface area (Å²) in [5, 5.41) is 1.25. The van der Waals surface area contributed by atoms with Gasteiger partial charge < -0.3 is 4.74 Å². The van der Waals surface area contributed by atoms with Crippen LogP contribution in [-0.4, -0.2) is 7.11 Å². The first-order valence-electron chi connectivity index (χ1n) is 14.3. The van der Waals surface area contributed by atoms with Crippen LogP contribution >= 0.6 is 9.24 Å². The molecule has 0 aliphatic heterocycles. The largest absolute Gasteiger partial charge is 0.496 e. The van der Waals surface area contributed by atoms with Crippen molar-refractivity contribution in [2.45, 2.75) is 121 Å². The monoisotopic (exact) mass is 476 g/mol. The number of hydrogen-bond donors (Lipinski definition) is 0. The fraction of sp³-hybridized carbons (Fsp3) is 0.625. The van der Waals surface area contributed by atoms with E-state index in [0.717, 1.165) is 11.7 Å². The molecule has 2 heteroatoms. The molecule has 0 amide bonds. The number of ether oxygens (including phenoxy) is 1. The number of benzene rings is 2. The van der Waals surface area contributed by atoms with Crippen LogP contribution in [-0.2, 0) is 0 Å². The minimum Gasteiger partial charge on any atom is -0.496 e. The van der Waals surface area contributed by atoms with Crippen molar-refractivity contribution in [3.05, 3.63) is 46.5 Å². The molecule has 0 heterocycles. The molecule has 2 aromatic rings. The van der Waals surface area contributed by atoms with Crippen LogP contribution in [0.15, 0.2) is 24.3 Å². The summed E-state index contributed by atoms with van der Waals surface area (Å²) in [6.45, 7) is 2.31. The summed E-state index contributed by atoms with van der Waals surface area (Å²) >= 11 is 0. The van der Waals surface area contributed by atoms with Gasteiger partial charge in [-0.25, -0.2) is 0 Å². The predicted octanol–water partition coefficient (Wildman–Crippen LogP) is 9.31. The van der Waals surface area contributed by atoms with E-state index >= 15 is 0 Å². The SMILES string of the molecule is COc1ccc(C)c(-c2c(C3CCCCC3)cc(C3CCCCC3)cc2C2CCCCC2)c1P. The summed E-state index contributed by atoms with van der Waals surface area (Å²) in [7, 11) is 4.88. The minimum atomic E-state index is 0.713. The molecular formula is C32H45OP. The van der Waals surface area contributed by atoms with Gasteiger partial charge in [0.2, 0.25) is 0 Å². The molecule has 1 unspecified atom stereocenters. The highest BCUT2D eigenvalue weighted by molar-refractivity contribution is 7.28. The van der Waals surface area contributed by atoms with Crippen LogP contribution < -0.4 is 10.0 Å². The summed E-state index contributed by atoms with van der Waals surface area (Å²) < 4.78 is 5.83. The van der Waals surface area contributed by atoms with E-state index in [-0.39, 0.29) is 0 Å². The molecule has 3 fully saturated rings. The fourth-order valence-electron chi connectivity index (χ4n) is 7.36. The van der Waals surface area contributed by atoms with Gasteiger partial charge in [-0.2, -0.15) is 0 Å². The van der Waals surface area contributed by atoms with E-state index in [1.54, 1.807) is 22.3 Å². The maximum absolute atomic E-state index is 5.83. The molecule has 0 aromatic heterocycles. The zero-order valence-corrected chi connectivity index (χ0v) is 22.8. The van der Waals surface area contributed by atoms with Gasteiger partial charge >= 0.3 is 0 Å². The van der Waals surface area contributed by atoms with E-state index < -0.39 is 0 Å². The van der Waals surface area contributed by atoms with Crippen molar-refractivity contribution in [1.29, 1.82) is 0 Å². The Morgan fingerprint density at radius 3 is 1.59 bits per heavy atom. The Hall–Kier alpha value is -1.33. The lowest BCUT2D eigenvalue weighted by Gasteiger charge is -2.33. The van der Waals surface area contributed by atoms with E-state index in [9.17, 15) is 0 Å². The molecule has 3 aliphatic carbocycles. The smallest absolute Gasteiger partial charge is 0.126 e. The third-order valence-electron chi connectivity index (χ3n) is 9.27. The second-order valence-corrected chi connectivity index (χ2v) is 12.0. The van der Waals surface area contributed by atoms with Crippen molar-refractivity contribution in [3.63, 3.8) is 0 Å². The van der Waals surface area contributed by atoms with Crippen LogP contribution in [0.5, 0.6) is 5.75 Å². The first-order valence-corrected chi connectivity index (χ1v) is 14.9. The molecule has 5 rings (SSSR count). The normalized spacial score (nSPS) is 21.0. The molecule has 0 radical (unpaired) electrons. The molecule has 1 nitrogen and oxygen atoms in total. The third kappa shape index (κ3) is 4.97. The van der Waals surface area contributed by atoms with Gasteiger partial charge in [0, 0.05) is 5.30 Å². The topological polar surface area (TPSA) is 9.23 Å². The second-order valence-electron chi connectivity index (χ2n) is 11.5. The van der Waals surface area contributed by atoms with Crippen molar-refractivity contribution in [3.8, 4) is 16.9 Å². The summed E-state index contributed by atoms with van der Waals surface area (Å²) in [5.41, 5.74) is 9.48. The Balaban J connectivity index is 1.75. The molecule has 0 N–H and O–H groups in total. The van der Waals surface area contributed by atoms with Crippen molar-refractivity contribution in [2.75, 3.05) is 7.11 Å². The molecule has 34 heavy (non-hydrogen) atoms. The van der Waals surface area contributed by atoms with Crippen molar-refractivity contribution in [2.24, 2.45) is 0 Å². The highest BCUT2D eigenvalue weighted by Gasteiger charge is 2.30. The van der Waals surface area contributed by atoms with Crippen molar-refractivity contribution in [1.82, 2.24) is 0 Å². The Morgan fingerprint density at radius 2 is 1.12 bits per heavy atom. The molecular weight excluding hydrogens is 431 g/mol. The van der Waals surface area contributed by atoms with E-state index in [1.165, 1.54) is 113 Å². The molecule has 1 atom stereocenters. The highest BCUT2D eigenvalue weighted by Crippen LogP contribution is 2.48. The Bertz CT molecular complexity index is 936. The van der Waals surface area contributed by atoms with E-state index in [0.29, 0.717) is 11.8 Å². The van der Waals surface area contributed by atoms with Crippen LogP contribution in [0.1, 0.15) is 136 Å². The van der Waals surface area contributed by atoms with Gasteiger partial charge in [-0.05, 0) is 103 Å². The second kappa shape index (κ2) is 11.2. The fourth-order valence-corrected chi connectivity index (χ4v) is 7.95. The Morgan fingerprint density at radius 1 is 0.647 bits per heavy atom. The first-order chi connectivity index (χ1) is 16.7. The van der Waals surface area contributed by atoms with Crippen LogP contribution in [0.4, 0.5) is 0 Å². The molecule has 0 saturated heterocycles. The van der Waals surface area contributed by atoms with Crippen LogP contribution in [0, 0.1) is 6.92 Å². The quantitative estimate of drug-likeness (QED) is 0.391. The van der Waals surface area contributed by atoms with Crippen LogP contribution in [0.2, 0.25) is 0 Å². The number of aryl methyl sites for hydroxylation is 1. The predicted molar refractivity (Wildman–Crippen MR) is 150 cm³/mol. The third-order valence-corrected chi connectivity index (χ3v) is 9.85. The number of rotatable bonds is 5. The van der Waals surface area contributed by atoms with Gasteiger partial charge in [-0.15, -0.1) is 9.24 Å². The van der Waals surface area contributed by atoms with E-state index in [4.69, 9.17) is 4.74 Å². The lowest BCUT2D eigenvalue weighted by molar-refractivity contribution is 0.418. The maximum atomic E-state index is 5.83. The molecule has 3 aliphatic rings. The number of hydrogen-bond acceptors (Lipinski definition) is 1. The zero-order chi connectivity index (χ0) is 23.5. The van der Waals surface area contributed by atoms with Gasteiger partial charge in [0.25, 0.3) is 0 Å². The summed E-state index contributed by atoms with van der Waals surface area (Å²) in [5.74, 6) is 3.20. The molecule has 184 valence electrons. The van der Waals surface area contributed by atoms with Gasteiger partial charge in [0.05, 0.1) is 7.11 Å². The van der Waals surface area contributed by atoms with Gasteiger partial charge in [0.1, 0.15) is 5.75 Å². The Kier molecular flexibility index (Phi) is 8.00. The van der Waals surface area contributed by atoms with Crippen molar-refractivity contribution >= 4 is 14.5 Å². The van der Waals surface area contributed by atoms with Crippen LogP contribution in [0.25, 0.3) is 11.1 Å². The standard InChI is InChI=1S/C32H45OP/c1-22-18-19-29(33-2)32(34)30(22)31-27(24-14-8-4-9-15-24)20-26(23-12-6-3-7-13-23)21-28(31)25-16-10-5-11-17-25/h18-21,23-25H,3-17,34H2,1-2H3. The summed E-state index contributed by atoms with van der Waals surface area (Å²) in [4.78, 5) is 0. The summed E-state index contributed by atoms with van der Waals surface area (Å²) in [6, 6.07) is 9.84. The zero-order valence-electron chi connectivity index (χ0n) is 21.6. The average molecular weight is 477 g/mol. The van der Waals surface area contributed by atoms with E-state index in [2.05, 4.69) is 40.4 Å². The molecule has 0 bridgehead atoms. The minimum absolute atomic E-state index is 0.713. The van der Waals surface area contributed by atoms with E-state index in [1.807, 2.05) is 7.11 Å². The maximum Gasteiger partial charge on any atom is 0.126 e. The molecule has 0 spiro atoms. The lowest BCUT2D eigenvalue weighted by atomic mass is 9.72. The highest BCUT2D eigenvalue weighted by atomic mass is 31.0.